The Kier molecular flexibility index (Phi) is 5.67. The fourth-order valence-corrected chi connectivity index (χ4v) is 4.61. The fourth-order valence-electron chi connectivity index (χ4n) is 4.36. The number of nitrogens with zero attached hydrogens (tertiary/aromatic N) is 1. The molecule has 0 spiro atoms. The maximum atomic E-state index is 6.19. The van der Waals surface area contributed by atoms with Crippen molar-refractivity contribution in [2.24, 2.45) is 4.99 Å². The van der Waals surface area contributed by atoms with Crippen molar-refractivity contribution in [3.05, 3.63) is 104 Å². The highest BCUT2D eigenvalue weighted by Gasteiger charge is 2.26. The minimum absolute atomic E-state index is 0.737. The Bertz CT molecular complexity index is 1280. The molecule has 1 aliphatic carbocycles. The first-order valence-electron chi connectivity index (χ1n) is 10.9. The van der Waals surface area contributed by atoms with Gasteiger partial charge in [-0.25, -0.2) is 4.99 Å². The third kappa shape index (κ3) is 4.13. The summed E-state index contributed by atoms with van der Waals surface area (Å²) in [7, 11) is 0. The molecular formula is C28H24Cl2N2. The van der Waals surface area contributed by atoms with Crippen LogP contribution in [0.1, 0.15) is 41.5 Å². The van der Waals surface area contributed by atoms with Crippen molar-refractivity contribution in [2.45, 2.75) is 33.1 Å². The van der Waals surface area contributed by atoms with E-state index in [0.29, 0.717) is 0 Å². The summed E-state index contributed by atoms with van der Waals surface area (Å²) in [5.74, 6) is 0. The summed E-state index contributed by atoms with van der Waals surface area (Å²) in [6, 6.07) is 20.4. The van der Waals surface area contributed by atoms with Crippen molar-refractivity contribution < 1.29 is 0 Å². The molecule has 32 heavy (non-hydrogen) atoms. The quantitative estimate of drug-likeness (QED) is 0.407. The molecule has 1 saturated carbocycles. The van der Waals surface area contributed by atoms with Gasteiger partial charge in [0.05, 0.1) is 22.8 Å². The van der Waals surface area contributed by atoms with E-state index in [0.717, 1.165) is 63.2 Å². The van der Waals surface area contributed by atoms with Crippen LogP contribution in [-0.2, 0) is 0 Å². The highest BCUT2D eigenvalue weighted by molar-refractivity contribution is 6.31. The lowest BCUT2D eigenvalue weighted by atomic mass is 9.84. The van der Waals surface area contributed by atoms with Gasteiger partial charge in [0.1, 0.15) is 0 Å². The second kappa shape index (κ2) is 8.61. The minimum atomic E-state index is 0.737. The maximum absolute atomic E-state index is 6.19. The van der Waals surface area contributed by atoms with Gasteiger partial charge in [0, 0.05) is 15.6 Å². The van der Waals surface area contributed by atoms with Crippen LogP contribution in [0.3, 0.4) is 0 Å². The van der Waals surface area contributed by atoms with Crippen molar-refractivity contribution in [3.8, 4) is 0 Å². The van der Waals surface area contributed by atoms with E-state index < -0.39 is 0 Å². The molecule has 0 radical (unpaired) electrons. The first kappa shape index (κ1) is 21.1. The lowest BCUT2D eigenvalue weighted by Crippen LogP contribution is -2.16. The van der Waals surface area contributed by atoms with Crippen LogP contribution in [-0.4, -0.2) is 5.71 Å². The normalized spacial score (nSPS) is 16.8. The molecule has 2 aliphatic rings. The fraction of sp³-hybridized carbons (Fsp3) is 0.179. The minimum Gasteiger partial charge on any atom is -0.353 e. The molecule has 160 valence electrons. The molecule has 0 saturated heterocycles. The van der Waals surface area contributed by atoms with Crippen molar-refractivity contribution in [3.63, 3.8) is 0 Å². The van der Waals surface area contributed by atoms with E-state index in [1.54, 1.807) is 0 Å². The number of hydrogen-bond acceptors (Lipinski definition) is 2. The van der Waals surface area contributed by atoms with Gasteiger partial charge >= 0.3 is 0 Å². The molecule has 0 unspecified atom stereocenters. The van der Waals surface area contributed by atoms with Crippen molar-refractivity contribution >= 4 is 52.1 Å². The van der Waals surface area contributed by atoms with Gasteiger partial charge in [-0.2, -0.15) is 0 Å². The van der Waals surface area contributed by atoms with Crippen molar-refractivity contribution in [1.82, 2.24) is 0 Å². The summed E-state index contributed by atoms with van der Waals surface area (Å²) in [6.45, 7) is 4.28. The van der Waals surface area contributed by atoms with Crippen molar-refractivity contribution in [2.75, 3.05) is 5.32 Å². The van der Waals surface area contributed by atoms with Gasteiger partial charge in [-0.3, -0.25) is 0 Å². The maximum Gasteiger partial charge on any atom is 0.0874 e. The van der Waals surface area contributed by atoms with E-state index in [-0.39, 0.29) is 0 Å². The highest BCUT2D eigenvalue weighted by atomic mass is 35.5. The number of fused-ring (bicyclic) bond motifs is 2. The van der Waals surface area contributed by atoms with Gasteiger partial charge in [0.15, 0.2) is 0 Å². The summed E-state index contributed by atoms with van der Waals surface area (Å²) in [5.41, 5.74) is 11.5. The van der Waals surface area contributed by atoms with Crippen LogP contribution in [0.4, 0.5) is 11.4 Å². The molecule has 0 atom stereocenters. The molecule has 0 bridgehead atoms. The van der Waals surface area contributed by atoms with Crippen LogP contribution in [0.5, 0.6) is 0 Å². The topological polar surface area (TPSA) is 24.4 Å². The van der Waals surface area contributed by atoms with E-state index in [1.807, 2.05) is 24.3 Å². The van der Waals surface area contributed by atoms with Crippen LogP contribution in [0.25, 0.3) is 11.8 Å². The molecule has 1 heterocycles. The third-order valence-corrected chi connectivity index (χ3v) is 6.72. The number of allylic oxidation sites excluding steroid dienone is 2. The number of anilines is 1. The van der Waals surface area contributed by atoms with Gasteiger partial charge in [-0.05, 0) is 103 Å². The van der Waals surface area contributed by atoms with E-state index in [9.17, 15) is 0 Å². The Morgan fingerprint density at radius 1 is 0.844 bits per heavy atom. The molecule has 1 aliphatic heterocycles. The monoisotopic (exact) mass is 458 g/mol. The zero-order chi connectivity index (χ0) is 22.2. The first-order valence-corrected chi connectivity index (χ1v) is 11.7. The van der Waals surface area contributed by atoms with Gasteiger partial charge in [-0.1, -0.05) is 47.5 Å². The van der Waals surface area contributed by atoms with E-state index in [1.165, 1.54) is 22.3 Å². The predicted molar refractivity (Wildman–Crippen MR) is 138 cm³/mol. The molecule has 3 aromatic rings. The second-order valence-corrected chi connectivity index (χ2v) is 9.35. The van der Waals surface area contributed by atoms with Crippen LogP contribution in [0.15, 0.2) is 76.8 Å². The van der Waals surface area contributed by atoms with Gasteiger partial charge in [0.25, 0.3) is 0 Å². The molecule has 4 heteroatoms. The molecule has 0 amide bonds. The average Bonchev–Trinajstić information content (AvgIpc) is 2.94. The number of nitrogens with one attached hydrogen (secondary N) is 1. The average molecular weight is 459 g/mol. The van der Waals surface area contributed by atoms with E-state index in [4.69, 9.17) is 28.2 Å². The van der Waals surface area contributed by atoms with Crippen molar-refractivity contribution in [1.29, 1.82) is 0 Å². The first-order chi connectivity index (χ1) is 15.5. The summed E-state index contributed by atoms with van der Waals surface area (Å²) in [4.78, 5) is 5.23. The molecule has 0 aromatic heterocycles. The van der Waals surface area contributed by atoms with Crippen LogP contribution in [0.2, 0.25) is 10.0 Å². The molecule has 1 N–H and O–H groups in total. The largest absolute Gasteiger partial charge is 0.353 e. The Labute approximate surface area is 199 Å². The Morgan fingerprint density at radius 3 is 2.22 bits per heavy atom. The smallest absolute Gasteiger partial charge is 0.0874 e. The SMILES string of the molecule is Cc1cc2c(cc1C)NC(c1ccc(Cl)cc1)=C1CCC/C(=C\c3ccc(Cl)cc3)C1=N2. The van der Waals surface area contributed by atoms with Crippen LogP contribution >= 0.6 is 23.2 Å². The number of rotatable bonds is 2. The predicted octanol–water partition coefficient (Wildman–Crippen LogP) is 8.79. The van der Waals surface area contributed by atoms with Gasteiger partial charge in [0.2, 0.25) is 0 Å². The molecule has 1 fully saturated rings. The Balaban J connectivity index is 1.72. The summed E-state index contributed by atoms with van der Waals surface area (Å²) >= 11 is 12.3. The summed E-state index contributed by atoms with van der Waals surface area (Å²) < 4.78 is 0. The third-order valence-electron chi connectivity index (χ3n) is 6.21. The molecule has 5 rings (SSSR count). The number of aryl methyl sites for hydroxylation is 2. The standard InChI is InChI=1S/C28H24Cl2N2/c1-17-14-25-26(15-18(17)2)32-28-21(16-19-6-10-22(29)11-7-19)4-3-5-24(28)27(31-25)20-8-12-23(30)13-9-20/h6-16,31H,3-5H2,1-2H3/b21-16+. The molecule has 2 nitrogen and oxygen atoms in total. The summed E-state index contributed by atoms with van der Waals surface area (Å²) in [6.07, 6.45) is 5.31. The van der Waals surface area contributed by atoms with Gasteiger partial charge < -0.3 is 5.32 Å². The number of benzene rings is 3. The molecule has 3 aromatic carbocycles. The lowest BCUT2D eigenvalue weighted by Gasteiger charge is -2.23. The number of aliphatic imine (C=N–C) groups is 1. The second-order valence-electron chi connectivity index (χ2n) is 8.47. The summed E-state index contributed by atoms with van der Waals surface area (Å²) in [5, 5.41) is 5.22. The highest BCUT2D eigenvalue weighted by Crippen LogP contribution is 2.41. The number of halogens is 2. The number of hydrogen-bond donors (Lipinski definition) is 1. The van der Waals surface area contributed by atoms with Crippen LogP contribution < -0.4 is 5.32 Å². The van der Waals surface area contributed by atoms with Crippen LogP contribution in [0, 0.1) is 13.8 Å². The Morgan fingerprint density at radius 2 is 1.50 bits per heavy atom. The lowest BCUT2D eigenvalue weighted by molar-refractivity contribution is 0.816. The van der Waals surface area contributed by atoms with Gasteiger partial charge in [-0.15, -0.1) is 0 Å². The zero-order valence-corrected chi connectivity index (χ0v) is 19.7. The Hall–Kier alpha value is -2.81. The zero-order valence-electron chi connectivity index (χ0n) is 18.2. The van der Waals surface area contributed by atoms with E-state index >= 15 is 0 Å². The molecular weight excluding hydrogens is 435 g/mol. The van der Waals surface area contributed by atoms with E-state index in [2.05, 4.69) is 61.6 Å².